The Hall–Kier alpha value is -2.82. The van der Waals surface area contributed by atoms with Crippen molar-refractivity contribution in [1.82, 2.24) is 5.32 Å². The topological polar surface area (TPSA) is 75.6 Å². The quantitative estimate of drug-likeness (QED) is 0.832. The van der Waals surface area contributed by atoms with E-state index in [1.807, 2.05) is 37.3 Å². The van der Waals surface area contributed by atoms with Crippen LogP contribution in [0.25, 0.3) is 0 Å². The van der Waals surface area contributed by atoms with Crippen LogP contribution >= 0.6 is 0 Å². The van der Waals surface area contributed by atoms with E-state index in [4.69, 9.17) is 4.74 Å². The first-order valence-electron chi connectivity index (χ1n) is 7.29. The number of phenolic OH excluding ortho intramolecular Hbond substituents is 1. The number of carbonyl (C=O) groups is 2. The summed E-state index contributed by atoms with van der Waals surface area (Å²) in [5, 5.41) is 12.6. The molecule has 23 heavy (non-hydrogen) atoms. The number of amides is 1. The van der Waals surface area contributed by atoms with Crippen LogP contribution in [0.1, 0.15) is 34.5 Å². The summed E-state index contributed by atoms with van der Waals surface area (Å²) in [6, 6.07) is 14.1. The van der Waals surface area contributed by atoms with Crippen molar-refractivity contribution in [2.75, 3.05) is 6.61 Å². The number of aryl methyl sites for hydroxylation is 1. The molecule has 0 heterocycles. The van der Waals surface area contributed by atoms with Gasteiger partial charge in [-0.15, -0.1) is 0 Å². The highest BCUT2D eigenvalue weighted by Crippen LogP contribution is 2.22. The van der Waals surface area contributed by atoms with E-state index in [0.29, 0.717) is 5.56 Å². The number of aromatic hydroxyl groups is 1. The molecule has 2 N–H and O–H groups in total. The predicted molar refractivity (Wildman–Crippen MR) is 86.1 cm³/mol. The van der Waals surface area contributed by atoms with Gasteiger partial charge in [-0.05, 0) is 31.0 Å². The largest absolute Gasteiger partial charge is 0.507 e. The number of carbonyl (C=O) groups excluding carboxylic acids is 2. The van der Waals surface area contributed by atoms with Crippen molar-refractivity contribution in [3.63, 3.8) is 0 Å². The van der Waals surface area contributed by atoms with Crippen LogP contribution < -0.4 is 5.32 Å². The summed E-state index contributed by atoms with van der Waals surface area (Å²) >= 11 is 0. The molecule has 0 spiro atoms. The van der Waals surface area contributed by atoms with Crippen LogP contribution in [0.15, 0.2) is 48.5 Å². The molecule has 0 bridgehead atoms. The lowest BCUT2D eigenvalue weighted by atomic mass is 10.1. The molecular weight excluding hydrogens is 294 g/mol. The Bertz CT molecular complexity index is 697. The maximum absolute atomic E-state index is 11.9. The number of phenols is 1. The normalized spacial score (nSPS) is 11.6. The van der Waals surface area contributed by atoms with Crippen LogP contribution in [0.2, 0.25) is 0 Å². The number of para-hydroxylation sites is 1. The molecule has 1 amide bonds. The summed E-state index contributed by atoms with van der Waals surface area (Å²) in [5.41, 5.74) is 1.58. The minimum Gasteiger partial charge on any atom is -0.507 e. The second-order valence-corrected chi connectivity index (χ2v) is 5.25. The number of benzene rings is 2. The third kappa shape index (κ3) is 4.32. The second kappa shape index (κ2) is 7.45. The Balaban J connectivity index is 1.89. The van der Waals surface area contributed by atoms with Gasteiger partial charge in [0.25, 0.3) is 5.91 Å². The van der Waals surface area contributed by atoms with Crippen molar-refractivity contribution < 1.29 is 19.4 Å². The molecule has 120 valence electrons. The van der Waals surface area contributed by atoms with E-state index in [9.17, 15) is 14.7 Å². The third-order valence-electron chi connectivity index (χ3n) is 3.47. The van der Waals surface area contributed by atoms with E-state index < -0.39 is 18.5 Å². The molecule has 0 saturated carbocycles. The van der Waals surface area contributed by atoms with Gasteiger partial charge in [0.2, 0.25) is 0 Å². The fourth-order valence-electron chi connectivity index (χ4n) is 2.14. The maximum Gasteiger partial charge on any atom is 0.342 e. The van der Waals surface area contributed by atoms with Gasteiger partial charge in [0.15, 0.2) is 6.61 Å². The number of rotatable bonds is 5. The summed E-state index contributed by atoms with van der Waals surface area (Å²) in [4.78, 5) is 23.8. The maximum atomic E-state index is 11.9. The molecule has 5 nitrogen and oxygen atoms in total. The van der Waals surface area contributed by atoms with E-state index in [0.717, 1.165) is 5.56 Å². The zero-order valence-electron chi connectivity index (χ0n) is 13.1. The van der Waals surface area contributed by atoms with Crippen molar-refractivity contribution in [3.8, 4) is 5.75 Å². The summed E-state index contributed by atoms with van der Waals surface area (Å²) in [6.07, 6.45) is 0. The number of hydrogen-bond donors (Lipinski definition) is 2. The average molecular weight is 313 g/mol. The van der Waals surface area contributed by atoms with Gasteiger partial charge in [-0.1, -0.05) is 42.5 Å². The van der Waals surface area contributed by atoms with Gasteiger partial charge < -0.3 is 15.2 Å². The second-order valence-electron chi connectivity index (χ2n) is 5.25. The van der Waals surface area contributed by atoms with E-state index in [2.05, 4.69) is 5.32 Å². The molecule has 0 saturated heterocycles. The fourth-order valence-corrected chi connectivity index (χ4v) is 2.14. The van der Waals surface area contributed by atoms with E-state index in [-0.39, 0.29) is 17.4 Å². The fraction of sp³-hybridized carbons (Fsp3) is 0.222. The lowest BCUT2D eigenvalue weighted by Crippen LogP contribution is -2.31. The highest BCUT2D eigenvalue weighted by molar-refractivity contribution is 5.94. The molecule has 2 aromatic carbocycles. The highest BCUT2D eigenvalue weighted by Gasteiger charge is 2.16. The van der Waals surface area contributed by atoms with Gasteiger partial charge >= 0.3 is 5.97 Å². The Morgan fingerprint density at radius 1 is 1.13 bits per heavy atom. The van der Waals surface area contributed by atoms with Gasteiger partial charge in [-0.25, -0.2) is 4.79 Å². The van der Waals surface area contributed by atoms with Crippen LogP contribution in [0.4, 0.5) is 0 Å². The summed E-state index contributed by atoms with van der Waals surface area (Å²) in [7, 11) is 0. The zero-order valence-corrected chi connectivity index (χ0v) is 13.1. The first kappa shape index (κ1) is 16.5. The van der Waals surface area contributed by atoms with Crippen LogP contribution in [-0.4, -0.2) is 23.6 Å². The molecule has 0 aliphatic rings. The van der Waals surface area contributed by atoms with Gasteiger partial charge in [0.05, 0.1) is 6.04 Å². The summed E-state index contributed by atoms with van der Waals surface area (Å²) < 4.78 is 4.95. The number of nitrogens with one attached hydrogen (secondary N) is 1. The van der Waals surface area contributed by atoms with Gasteiger partial charge in [-0.3, -0.25) is 4.79 Å². The predicted octanol–water partition coefficient (Wildman–Crippen LogP) is 2.73. The molecule has 0 fully saturated rings. The first-order valence-corrected chi connectivity index (χ1v) is 7.29. The minimum atomic E-state index is -0.728. The molecule has 1 atom stereocenters. The van der Waals surface area contributed by atoms with Crippen LogP contribution in [0.5, 0.6) is 5.75 Å². The van der Waals surface area contributed by atoms with Gasteiger partial charge in [-0.2, -0.15) is 0 Å². The molecule has 5 heteroatoms. The Morgan fingerprint density at radius 2 is 1.83 bits per heavy atom. The zero-order chi connectivity index (χ0) is 16.8. The Morgan fingerprint density at radius 3 is 2.52 bits per heavy atom. The van der Waals surface area contributed by atoms with Gasteiger partial charge in [0.1, 0.15) is 11.3 Å². The number of hydrogen-bond acceptors (Lipinski definition) is 4. The Labute approximate surface area is 134 Å². The monoisotopic (exact) mass is 313 g/mol. The summed E-state index contributed by atoms with van der Waals surface area (Å²) in [6.45, 7) is 3.13. The lowest BCUT2D eigenvalue weighted by Gasteiger charge is -2.14. The molecule has 2 rings (SSSR count). The molecule has 0 aliphatic carbocycles. The van der Waals surface area contributed by atoms with Crippen molar-refractivity contribution in [3.05, 3.63) is 65.2 Å². The molecular formula is C18H19NO4. The van der Waals surface area contributed by atoms with Crippen LogP contribution in [-0.2, 0) is 9.53 Å². The number of ether oxygens (including phenoxy) is 1. The standard InChI is InChI=1S/C18H19NO4/c1-12-7-6-10-15(17(12)21)18(22)23-11-16(20)19-13(2)14-8-4-3-5-9-14/h3-10,13,21H,11H2,1-2H3,(H,19,20)/t13-/m1/s1. The average Bonchev–Trinajstić information content (AvgIpc) is 2.56. The summed E-state index contributed by atoms with van der Waals surface area (Å²) in [5.74, 6) is -1.26. The highest BCUT2D eigenvalue weighted by atomic mass is 16.5. The minimum absolute atomic E-state index is 0.0499. The van der Waals surface area contributed by atoms with Crippen LogP contribution in [0, 0.1) is 6.92 Å². The van der Waals surface area contributed by atoms with Crippen molar-refractivity contribution in [2.24, 2.45) is 0 Å². The van der Waals surface area contributed by atoms with Crippen LogP contribution in [0.3, 0.4) is 0 Å². The smallest absolute Gasteiger partial charge is 0.342 e. The third-order valence-corrected chi connectivity index (χ3v) is 3.47. The Kier molecular flexibility index (Phi) is 5.36. The molecule has 0 aromatic heterocycles. The SMILES string of the molecule is Cc1cccc(C(=O)OCC(=O)N[C@H](C)c2ccccc2)c1O. The molecule has 0 unspecified atom stereocenters. The number of esters is 1. The lowest BCUT2D eigenvalue weighted by molar-refractivity contribution is -0.124. The van der Waals surface area contributed by atoms with Crippen molar-refractivity contribution >= 4 is 11.9 Å². The van der Waals surface area contributed by atoms with Crippen molar-refractivity contribution in [2.45, 2.75) is 19.9 Å². The van der Waals surface area contributed by atoms with E-state index in [1.54, 1.807) is 19.1 Å². The van der Waals surface area contributed by atoms with Gasteiger partial charge in [0, 0.05) is 0 Å². The first-order chi connectivity index (χ1) is 11.0. The van der Waals surface area contributed by atoms with E-state index in [1.165, 1.54) is 6.07 Å². The molecule has 0 radical (unpaired) electrons. The molecule has 0 aliphatic heterocycles. The molecule has 2 aromatic rings. The van der Waals surface area contributed by atoms with Crippen molar-refractivity contribution in [1.29, 1.82) is 0 Å². The van der Waals surface area contributed by atoms with E-state index >= 15 is 0 Å².